The number of alkyl halides is 2. The lowest BCUT2D eigenvalue weighted by Gasteiger charge is -2.20. The summed E-state index contributed by atoms with van der Waals surface area (Å²) in [6.45, 7) is -0.670. The molecule has 2 aromatic carbocycles. The SMILES string of the molecule is O=S(=O)([O-])C(F)(F)COCc1ccc(OCC2CO2)c2ccccc12. The smallest absolute Gasteiger partial charge is 0.357 e. The van der Waals surface area contributed by atoms with E-state index in [0.717, 1.165) is 10.8 Å². The van der Waals surface area contributed by atoms with Crippen LogP contribution in [0.3, 0.4) is 0 Å². The van der Waals surface area contributed by atoms with Gasteiger partial charge in [0.2, 0.25) is 0 Å². The molecule has 136 valence electrons. The Hall–Kier alpha value is -1.81. The van der Waals surface area contributed by atoms with Gasteiger partial charge in [0, 0.05) is 5.39 Å². The summed E-state index contributed by atoms with van der Waals surface area (Å²) >= 11 is 0. The Bertz CT molecular complexity index is 864. The van der Waals surface area contributed by atoms with Gasteiger partial charge in [-0.2, -0.15) is 8.78 Å². The van der Waals surface area contributed by atoms with Crippen LogP contribution >= 0.6 is 0 Å². The van der Waals surface area contributed by atoms with Crippen LogP contribution in [0.15, 0.2) is 36.4 Å². The average Bonchev–Trinajstić information content (AvgIpc) is 3.37. The monoisotopic (exact) mass is 373 g/mol. The number of epoxide rings is 1. The quantitative estimate of drug-likeness (QED) is 0.521. The van der Waals surface area contributed by atoms with E-state index in [0.29, 0.717) is 24.5 Å². The molecule has 1 heterocycles. The van der Waals surface area contributed by atoms with Crippen molar-refractivity contribution < 1.29 is 36.0 Å². The lowest BCUT2D eigenvalue weighted by atomic mass is 10.0. The summed E-state index contributed by atoms with van der Waals surface area (Å²) < 4.78 is 73.2. The van der Waals surface area contributed by atoms with E-state index in [9.17, 15) is 21.8 Å². The van der Waals surface area contributed by atoms with E-state index in [1.165, 1.54) is 0 Å². The van der Waals surface area contributed by atoms with Crippen LogP contribution in [0.4, 0.5) is 8.78 Å². The second kappa shape index (κ2) is 6.83. The first-order valence-electron chi connectivity index (χ1n) is 7.44. The molecule has 0 aliphatic carbocycles. The highest BCUT2D eigenvalue weighted by Crippen LogP contribution is 2.30. The molecule has 1 aliphatic heterocycles. The Kier molecular flexibility index (Phi) is 4.92. The van der Waals surface area contributed by atoms with Gasteiger partial charge in [0.15, 0.2) is 10.1 Å². The van der Waals surface area contributed by atoms with E-state index < -0.39 is 22.0 Å². The number of hydrogen-bond donors (Lipinski definition) is 0. The van der Waals surface area contributed by atoms with Crippen LogP contribution in [0.1, 0.15) is 5.56 Å². The molecule has 2 aromatic rings. The minimum Gasteiger partial charge on any atom is -0.743 e. The van der Waals surface area contributed by atoms with E-state index in [1.54, 1.807) is 24.3 Å². The summed E-state index contributed by atoms with van der Waals surface area (Å²) in [6.07, 6.45) is 0.0954. The number of benzene rings is 2. The molecule has 0 bridgehead atoms. The topological polar surface area (TPSA) is 88.2 Å². The average molecular weight is 373 g/mol. The molecule has 1 unspecified atom stereocenters. The van der Waals surface area contributed by atoms with Crippen LogP contribution in [0.2, 0.25) is 0 Å². The Morgan fingerprint density at radius 3 is 2.52 bits per heavy atom. The van der Waals surface area contributed by atoms with Crippen LogP contribution in [-0.4, -0.2) is 44.1 Å². The molecule has 3 rings (SSSR count). The van der Waals surface area contributed by atoms with Crippen molar-refractivity contribution >= 4 is 20.9 Å². The minimum atomic E-state index is -5.76. The third-order valence-electron chi connectivity index (χ3n) is 3.69. The second-order valence-electron chi connectivity index (χ2n) is 5.62. The molecule has 25 heavy (non-hydrogen) atoms. The van der Waals surface area contributed by atoms with Gasteiger partial charge in [-0.15, -0.1) is 0 Å². The van der Waals surface area contributed by atoms with Gasteiger partial charge in [0.05, 0.1) is 13.2 Å². The van der Waals surface area contributed by atoms with Crippen LogP contribution in [-0.2, 0) is 26.2 Å². The molecular weight excluding hydrogens is 358 g/mol. The van der Waals surface area contributed by atoms with Gasteiger partial charge in [-0.25, -0.2) is 8.42 Å². The fourth-order valence-electron chi connectivity index (χ4n) is 2.28. The molecule has 1 aliphatic rings. The fourth-order valence-corrected chi connectivity index (χ4v) is 2.51. The van der Waals surface area contributed by atoms with E-state index in [1.807, 2.05) is 12.1 Å². The molecule has 0 spiro atoms. The summed E-state index contributed by atoms with van der Waals surface area (Å²) in [7, 11) is -5.76. The Balaban J connectivity index is 1.74. The number of halogens is 2. The van der Waals surface area contributed by atoms with Gasteiger partial charge in [-0.05, 0) is 17.0 Å². The number of hydrogen-bond acceptors (Lipinski definition) is 6. The van der Waals surface area contributed by atoms with Crippen LogP contribution in [0.5, 0.6) is 5.75 Å². The zero-order valence-corrected chi connectivity index (χ0v) is 13.8. The van der Waals surface area contributed by atoms with Crippen molar-refractivity contribution in [2.75, 3.05) is 19.8 Å². The summed E-state index contributed by atoms with van der Waals surface area (Å²) in [4.78, 5) is 0. The van der Waals surface area contributed by atoms with Gasteiger partial charge < -0.3 is 18.8 Å². The Morgan fingerprint density at radius 1 is 1.20 bits per heavy atom. The molecule has 0 amide bonds. The molecule has 0 saturated carbocycles. The molecular formula is C16H15F2O6S-. The van der Waals surface area contributed by atoms with E-state index in [2.05, 4.69) is 0 Å². The van der Waals surface area contributed by atoms with Crippen molar-refractivity contribution in [3.63, 3.8) is 0 Å². The molecule has 0 aromatic heterocycles. The lowest BCUT2D eigenvalue weighted by Crippen LogP contribution is -2.33. The van der Waals surface area contributed by atoms with E-state index in [4.69, 9.17) is 14.2 Å². The number of rotatable bonds is 8. The molecule has 0 N–H and O–H groups in total. The highest BCUT2D eigenvalue weighted by molar-refractivity contribution is 7.86. The highest BCUT2D eigenvalue weighted by atomic mass is 32.2. The standard InChI is InChI=1S/C16H16F2O6S/c17-16(18,25(19,20)21)10-22-7-11-5-6-15(24-9-12-8-23-12)14-4-2-1-3-13(11)14/h1-6,12H,7-10H2,(H,19,20,21)/p-1. The van der Waals surface area contributed by atoms with Gasteiger partial charge >= 0.3 is 5.25 Å². The third kappa shape index (κ3) is 4.24. The second-order valence-corrected chi connectivity index (χ2v) is 7.12. The molecule has 6 nitrogen and oxygen atoms in total. The maximum atomic E-state index is 13.1. The summed E-state index contributed by atoms with van der Waals surface area (Å²) in [5.74, 6) is 0.627. The third-order valence-corrected chi connectivity index (χ3v) is 4.54. The first-order chi connectivity index (χ1) is 11.8. The fraction of sp³-hybridized carbons (Fsp3) is 0.375. The molecule has 1 saturated heterocycles. The van der Waals surface area contributed by atoms with Gasteiger partial charge in [-0.3, -0.25) is 0 Å². The lowest BCUT2D eigenvalue weighted by molar-refractivity contribution is -0.0267. The van der Waals surface area contributed by atoms with Gasteiger partial charge in [-0.1, -0.05) is 30.3 Å². The first kappa shape index (κ1) is 18.0. The van der Waals surface area contributed by atoms with E-state index >= 15 is 0 Å². The summed E-state index contributed by atoms with van der Waals surface area (Å²) in [5.41, 5.74) is 0.574. The van der Waals surface area contributed by atoms with Crippen molar-refractivity contribution in [3.05, 3.63) is 42.0 Å². The molecule has 1 atom stereocenters. The largest absolute Gasteiger partial charge is 0.743 e. The van der Waals surface area contributed by atoms with Gasteiger partial charge in [0.1, 0.15) is 25.1 Å². The van der Waals surface area contributed by atoms with Crippen molar-refractivity contribution in [1.82, 2.24) is 0 Å². The van der Waals surface area contributed by atoms with Crippen molar-refractivity contribution in [2.45, 2.75) is 18.0 Å². The number of ether oxygens (including phenoxy) is 3. The zero-order valence-electron chi connectivity index (χ0n) is 13.0. The number of fused-ring (bicyclic) bond motifs is 1. The van der Waals surface area contributed by atoms with E-state index in [-0.39, 0.29) is 12.7 Å². The minimum absolute atomic E-state index is 0.0954. The molecule has 0 radical (unpaired) electrons. The Labute approximate surface area is 143 Å². The summed E-state index contributed by atoms with van der Waals surface area (Å²) in [5, 5.41) is -2.96. The predicted octanol–water partition coefficient (Wildman–Crippen LogP) is 2.27. The van der Waals surface area contributed by atoms with Crippen LogP contribution in [0, 0.1) is 0 Å². The van der Waals surface area contributed by atoms with Gasteiger partial charge in [0.25, 0.3) is 0 Å². The van der Waals surface area contributed by atoms with Crippen molar-refractivity contribution in [1.29, 1.82) is 0 Å². The van der Waals surface area contributed by atoms with Crippen LogP contribution in [0.25, 0.3) is 10.8 Å². The van der Waals surface area contributed by atoms with Crippen molar-refractivity contribution in [2.24, 2.45) is 0 Å². The first-order valence-corrected chi connectivity index (χ1v) is 8.85. The predicted molar refractivity (Wildman–Crippen MR) is 83.5 cm³/mol. The maximum Gasteiger partial charge on any atom is 0.357 e. The zero-order chi connectivity index (χ0) is 18.1. The molecule has 1 fully saturated rings. The normalized spacial score (nSPS) is 17.6. The summed E-state index contributed by atoms with van der Waals surface area (Å²) in [6, 6.07) is 10.5. The van der Waals surface area contributed by atoms with Crippen LogP contribution < -0.4 is 4.74 Å². The Morgan fingerprint density at radius 2 is 1.88 bits per heavy atom. The maximum absolute atomic E-state index is 13.1. The molecule has 9 heteroatoms. The highest BCUT2D eigenvalue weighted by Gasteiger charge is 2.37. The van der Waals surface area contributed by atoms with Crippen molar-refractivity contribution in [3.8, 4) is 5.75 Å².